The molecule has 0 bridgehead atoms. The lowest BCUT2D eigenvalue weighted by molar-refractivity contribution is 0.262. The number of nitrogens with two attached hydrogens (primary N) is 1. The van der Waals surface area contributed by atoms with Crippen molar-refractivity contribution in [3.05, 3.63) is 59.7 Å². The molecule has 2 aromatic rings. The van der Waals surface area contributed by atoms with Gasteiger partial charge in [0.2, 0.25) is 0 Å². The van der Waals surface area contributed by atoms with Crippen LogP contribution in [0.2, 0.25) is 0 Å². The number of urea groups is 1. The van der Waals surface area contributed by atoms with Crippen LogP contribution in [0.5, 0.6) is 0 Å². The third kappa shape index (κ3) is 4.33. The molecular weight excluding hydrogens is 274 g/mol. The Kier molecular flexibility index (Phi) is 5.55. The molecule has 0 aliphatic rings. The number of carbonyl (C=O) groups excluding carboxylic acids is 1. The van der Waals surface area contributed by atoms with E-state index in [9.17, 15) is 4.79 Å². The topological polar surface area (TPSA) is 67.2 Å². The molecule has 0 saturated heterocycles. The Morgan fingerprint density at radius 1 is 1.09 bits per heavy atom. The number of hydrogen-bond donors (Lipinski definition) is 3. The number of anilines is 2. The largest absolute Gasteiger partial charge is 0.324 e. The van der Waals surface area contributed by atoms with Crippen molar-refractivity contribution in [2.75, 3.05) is 10.6 Å². The van der Waals surface area contributed by atoms with Crippen LogP contribution in [0, 0.1) is 0 Å². The van der Waals surface area contributed by atoms with Crippen molar-refractivity contribution in [3.63, 3.8) is 0 Å². The van der Waals surface area contributed by atoms with Crippen LogP contribution in [0.15, 0.2) is 48.5 Å². The Bertz CT molecular complexity index is 620. The Morgan fingerprint density at radius 3 is 2.41 bits per heavy atom. The maximum absolute atomic E-state index is 12.1. The third-order valence-corrected chi connectivity index (χ3v) is 3.48. The second-order valence-corrected chi connectivity index (χ2v) is 5.40. The van der Waals surface area contributed by atoms with Crippen molar-refractivity contribution in [2.45, 2.75) is 32.7 Å². The van der Waals surface area contributed by atoms with Crippen molar-refractivity contribution in [1.29, 1.82) is 0 Å². The normalized spacial score (nSPS) is 11.8. The number of rotatable bonds is 5. The second kappa shape index (κ2) is 7.61. The molecule has 0 aromatic heterocycles. The Labute approximate surface area is 131 Å². The molecule has 0 heterocycles. The van der Waals surface area contributed by atoms with Crippen LogP contribution in [0.1, 0.15) is 37.4 Å². The average molecular weight is 297 g/mol. The highest BCUT2D eigenvalue weighted by Crippen LogP contribution is 2.18. The van der Waals surface area contributed by atoms with Crippen molar-refractivity contribution >= 4 is 17.4 Å². The minimum absolute atomic E-state index is 0.0104. The van der Waals surface area contributed by atoms with E-state index in [0.717, 1.165) is 35.3 Å². The van der Waals surface area contributed by atoms with Crippen LogP contribution < -0.4 is 16.4 Å². The Balaban J connectivity index is 2.01. The molecule has 0 aliphatic carbocycles. The molecule has 2 rings (SSSR count). The van der Waals surface area contributed by atoms with Gasteiger partial charge in [0, 0.05) is 17.4 Å². The van der Waals surface area contributed by atoms with Gasteiger partial charge in [-0.2, -0.15) is 0 Å². The SMILES string of the molecule is CCCc1ccccc1NC(=O)Nc1ccc(C(C)N)cc1. The van der Waals surface area contributed by atoms with Gasteiger partial charge in [-0.1, -0.05) is 43.7 Å². The smallest absolute Gasteiger partial charge is 0.323 e. The number of aryl methyl sites for hydroxylation is 1. The van der Waals surface area contributed by atoms with Crippen LogP contribution in [0.25, 0.3) is 0 Å². The van der Waals surface area contributed by atoms with E-state index >= 15 is 0 Å². The van der Waals surface area contributed by atoms with E-state index in [-0.39, 0.29) is 12.1 Å². The summed E-state index contributed by atoms with van der Waals surface area (Å²) in [6.45, 7) is 4.05. The lowest BCUT2D eigenvalue weighted by Gasteiger charge is -2.12. The van der Waals surface area contributed by atoms with Crippen LogP contribution >= 0.6 is 0 Å². The zero-order valence-electron chi connectivity index (χ0n) is 13.1. The maximum Gasteiger partial charge on any atom is 0.323 e. The number of hydrogen-bond acceptors (Lipinski definition) is 2. The van der Waals surface area contributed by atoms with E-state index in [1.165, 1.54) is 0 Å². The molecule has 4 heteroatoms. The van der Waals surface area contributed by atoms with E-state index in [1.807, 2.05) is 55.5 Å². The van der Waals surface area contributed by atoms with Crippen molar-refractivity contribution in [1.82, 2.24) is 0 Å². The fraction of sp³-hybridized carbons (Fsp3) is 0.278. The van der Waals surface area contributed by atoms with Gasteiger partial charge >= 0.3 is 6.03 Å². The summed E-state index contributed by atoms with van der Waals surface area (Å²) in [6, 6.07) is 15.2. The van der Waals surface area contributed by atoms with Gasteiger partial charge in [0.05, 0.1) is 0 Å². The molecule has 2 amide bonds. The van der Waals surface area contributed by atoms with Gasteiger partial charge in [-0.15, -0.1) is 0 Å². The minimum Gasteiger partial charge on any atom is -0.324 e. The molecule has 116 valence electrons. The van der Waals surface area contributed by atoms with Crippen molar-refractivity contribution < 1.29 is 4.79 Å². The maximum atomic E-state index is 12.1. The Morgan fingerprint density at radius 2 is 1.77 bits per heavy atom. The fourth-order valence-electron chi connectivity index (χ4n) is 2.28. The first kappa shape index (κ1) is 16.0. The van der Waals surface area contributed by atoms with Gasteiger partial charge in [0.15, 0.2) is 0 Å². The predicted molar refractivity (Wildman–Crippen MR) is 92.1 cm³/mol. The third-order valence-electron chi connectivity index (χ3n) is 3.48. The zero-order chi connectivity index (χ0) is 15.9. The second-order valence-electron chi connectivity index (χ2n) is 5.40. The van der Waals surface area contributed by atoms with Gasteiger partial charge in [0.25, 0.3) is 0 Å². The molecule has 1 atom stereocenters. The molecule has 0 saturated carbocycles. The van der Waals surface area contributed by atoms with Crippen molar-refractivity contribution in [3.8, 4) is 0 Å². The number of para-hydroxylation sites is 1. The molecule has 0 radical (unpaired) electrons. The van der Waals surface area contributed by atoms with Crippen LogP contribution in [-0.2, 0) is 6.42 Å². The molecular formula is C18H23N3O. The first-order valence-electron chi connectivity index (χ1n) is 7.61. The summed E-state index contributed by atoms with van der Waals surface area (Å²) < 4.78 is 0. The molecule has 22 heavy (non-hydrogen) atoms. The van der Waals surface area contributed by atoms with Gasteiger partial charge in [-0.25, -0.2) is 4.79 Å². The lowest BCUT2D eigenvalue weighted by Crippen LogP contribution is -2.20. The summed E-state index contributed by atoms with van der Waals surface area (Å²) in [4.78, 5) is 12.1. The molecule has 0 spiro atoms. The van der Waals surface area contributed by atoms with E-state index in [4.69, 9.17) is 5.73 Å². The summed E-state index contributed by atoms with van der Waals surface area (Å²) in [5, 5.41) is 5.74. The zero-order valence-corrected chi connectivity index (χ0v) is 13.1. The standard InChI is InChI=1S/C18H23N3O/c1-3-6-15-7-4-5-8-17(15)21-18(22)20-16-11-9-14(10-12-16)13(2)19/h4-5,7-13H,3,6,19H2,1-2H3,(H2,20,21,22). The van der Waals surface area contributed by atoms with Gasteiger partial charge in [0.1, 0.15) is 0 Å². The molecule has 4 N–H and O–H groups in total. The quantitative estimate of drug-likeness (QED) is 0.770. The summed E-state index contributed by atoms with van der Waals surface area (Å²) in [5.74, 6) is 0. The van der Waals surface area contributed by atoms with E-state index in [1.54, 1.807) is 0 Å². The van der Waals surface area contributed by atoms with E-state index in [2.05, 4.69) is 17.6 Å². The summed E-state index contributed by atoms with van der Waals surface area (Å²) in [5.41, 5.74) is 9.60. The average Bonchev–Trinajstić information content (AvgIpc) is 2.50. The number of amides is 2. The number of carbonyl (C=O) groups is 1. The van der Waals surface area contributed by atoms with Gasteiger partial charge in [-0.05, 0) is 42.7 Å². The van der Waals surface area contributed by atoms with E-state index < -0.39 is 0 Å². The highest BCUT2D eigenvalue weighted by Gasteiger charge is 2.06. The molecule has 0 aliphatic heterocycles. The first-order valence-corrected chi connectivity index (χ1v) is 7.61. The molecule has 2 aromatic carbocycles. The predicted octanol–water partition coefficient (Wildman–Crippen LogP) is 4.30. The van der Waals surface area contributed by atoms with Crippen LogP contribution in [0.4, 0.5) is 16.2 Å². The van der Waals surface area contributed by atoms with Crippen LogP contribution in [-0.4, -0.2) is 6.03 Å². The highest BCUT2D eigenvalue weighted by molar-refractivity contribution is 6.00. The number of nitrogens with one attached hydrogen (secondary N) is 2. The molecule has 0 fully saturated rings. The first-order chi connectivity index (χ1) is 10.6. The van der Waals surface area contributed by atoms with Gasteiger partial charge in [-0.3, -0.25) is 0 Å². The highest BCUT2D eigenvalue weighted by atomic mass is 16.2. The number of benzene rings is 2. The van der Waals surface area contributed by atoms with E-state index in [0.29, 0.717) is 0 Å². The Hall–Kier alpha value is -2.33. The lowest BCUT2D eigenvalue weighted by atomic mass is 10.1. The van der Waals surface area contributed by atoms with Crippen LogP contribution in [0.3, 0.4) is 0 Å². The summed E-state index contributed by atoms with van der Waals surface area (Å²) in [6.07, 6.45) is 1.98. The molecule has 4 nitrogen and oxygen atoms in total. The summed E-state index contributed by atoms with van der Waals surface area (Å²) in [7, 11) is 0. The fourth-order valence-corrected chi connectivity index (χ4v) is 2.28. The minimum atomic E-state index is -0.239. The molecule has 1 unspecified atom stereocenters. The monoisotopic (exact) mass is 297 g/mol. The van der Waals surface area contributed by atoms with Crippen molar-refractivity contribution in [2.24, 2.45) is 5.73 Å². The summed E-state index contributed by atoms with van der Waals surface area (Å²) >= 11 is 0. The van der Waals surface area contributed by atoms with Gasteiger partial charge < -0.3 is 16.4 Å².